The number of aryl methyl sites for hydroxylation is 1. The molecule has 27 heavy (non-hydrogen) atoms. The molecule has 0 bridgehead atoms. The van der Waals surface area contributed by atoms with E-state index in [1.54, 1.807) is 13.2 Å². The normalized spacial score (nSPS) is 13.4. The number of fused-ring (bicyclic) bond motifs is 2. The van der Waals surface area contributed by atoms with Gasteiger partial charge in [0.2, 0.25) is 5.91 Å². The van der Waals surface area contributed by atoms with Crippen LogP contribution in [0.4, 0.5) is 0 Å². The smallest absolute Gasteiger partial charge is 0.258 e. The van der Waals surface area contributed by atoms with Gasteiger partial charge in [-0.3, -0.25) is 9.59 Å². The molecule has 0 saturated heterocycles. The molecule has 1 amide bonds. The van der Waals surface area contributed by atoms with Gasteiger partial charge in [0, 0.05) is 25.9 Å². The third kappa shape index (κ3) is 3.56. The number of carbonyl (C=O) groups excluding carboxylic acids is 1. The number of hydrogen-bond acceptors (Lipinski definition) is 4. The Labute approximate surface area is 156 Å². The van der Waals surface area contributed by atoms with E-state index in [-0.39, 0.29) is 11.5 Å². The van der Waals surface area contributed by atoms with E-state index in [0.29, 0.717) is 42.7 Å². The Bertz CT molecular complexity index is 1060. The summed E-state index contributed by atoms with van der Waals surface area (Å²) < 4.78 is 5.28. The molecule has 0 aliphatic carbocycles. The molecule has 3 aromatic rings. The molecule has 1 N–H and O–H groups in total. The van der Waals surface area contributed by atoms with Crippen LogP contribution in [0.2, 0.25) is 0 Å². The summed E-state index contributed by atoms with van der Waals surface area (Å²) in [6, 6.07) is 13.2. The minimum atomic E-state index is -0.165. The van der Waals surface area contributed by atoms with Crippen LogP contribution in [0.3, 0.4) is 0 Å². The zero-order valence-electron chi connectivity index (χ0n) is 15.2. The van der Waals surface area contributed by atoms with Crippen LogP contribution in [-0.4, -0.2) is 34.4 Å². The molecule has 0 saturated carbocycles. The number of amides is 1. The van der Waals surface area contributed by atoms with E-state index in [4.69, 9.17) is 4.74 Å². The molecule has 2 heterocycles. The molecular weight excluding hydrogens is 342 g/mol. The minimum absolute atomic E-state index is 0.0688. The topological polar surface area (TPSA) is 75.3 Å². The fourth-order valence-electron chi connectivity index (χ4n) is 3.51. The van der Waals surface area contributed by atoms with Crippen molar-refractivity contribution in [2.45, 2.75) is 25.8 Å². The number of nitrogens with one attached hydrogen (secondary N) is 1. The van der Waals surface area contributed by atoms with Crippen molar-refractivity contribution in [3.05, 3.63) is 69.8 Å². The molecule has 138 valence electrons. The Balaban J connectivity index is 1.45. The Morgan fingerprint density at radius 2 is 2.07 bits per heavy atom. The highest BCUT2D eigenvalue weighted by molar-refractivity contribution is 5.78. The van der Waals surface area contributed by atoms with Crippen molar-refractivity contribution in [2.24, 2.45) is 0 Å². The minimum Gasteiger partial charge on any atom is -0.497 e. The van der Waals surface area contributed by atoms with Gasteiger partial charge in [0.05, 0.1) is 18.0 Å². The van der Waals surface area contributed by atoms with Crippen molar-refractivity contribution >= 4 is 16.8 Å². The largest absolute Gasteiger partial charge is 0.497 e. The fourth-order valence-corrected chi connectivity index (χ4v) is 3.51. The SMILES string of the molecule is COc1ccc2c(c1)CN(C(=O)CCc1nc3ccccc3c(=O)[nH]1)CC2. The first-order valence-corrected chi connectivity index (χ1v) is 9.05. The fraction of sp³-hybridized carbons (Fsp3) is 0.286. The van der Waals surface area contributed by atoms with Crippen molar-refractivity contribution in [2.75, 3.05) is 13.7 Å². The third-order valence-electron chi connectivity index (χ3n) is 5.02. The molecule has 0 unspecified atom stereocenters. The first-order valence-electron chi connectivity index (χ1n) is 9.05. The first-order chi connectivity index (χ1) is 13.1. The summed E-state index contributed by atoms with van der Waals surface area (Å²) in [6.07, 6.45) is 1.58. The number of nitrogens with zero attached hydrogens (tertiary/aromatic N) is 2. The average Bonchev–Trinajstić information content (AvgIpc) is 2.71. The van der Waals surface area contributed by atoms with Crippen LogP contribution >= 0.6 is 0 Å². The summed E-state index contributed by atoms with van der Waals surface area (Å²) in [7, 11) is 1.64. The van der Waals surface area contributed by atoms with E-state index in [1.165, 1.54) is 5.56 Å². The van der Waals surface area contributed by atoms with Crippen LogP contribution in [-0.2, 0) is 24.2 Å². The summed E-state index contributed by atoms with van der Waals surface area (Å²) >= 11 is 0. The molecule has 2 aromatic carbocycles. The van der Waals surface area contributed by atoms with Crippen LogP contribution in [0.1, 0.15) is 23.4 Å². The second-order valence-electron chi connectivity index (χ2n) is 6.73. The monoisotopic (exact) mass is 363 g/mol. The van der Waals surface area contributed by atoms with Crippen molar-refractivity contribution in [3.8, 4) is 5.75 Å². The van der Waals surface area contributed by atoms with Crippen molar-refractivity contribution in [1.82, 2.24) is 14.9 Å². The summed E-state index contributed by atoms with van der Waals surface area (Å²) in [5.74, 6) is 1.42. The molecule has 6 nitrogen and oxygen atoms in total. The van der Waals surface area contributed by atoms with Crippen LogP contribution in [0.15, 0.2) is 47.3 Å². The number of rotatable bonds is 4. The number of carbonyl (C=O) groups is 1. The van der Waals surface area contributed by atoms with Crippen LogP contribution in [0.25, 0.3) is 10.9 Å². The molecular formula is C21H21N3O3. The number of ether oxygens (including phenoxy) is 1. The second-order valence-corrected chi connectivity index (χ2v) is 6.73. The number of H-pyrrole nitrogens is 1. The van der Waals surface area contributed by atoms with Crippen molar-refractivity contribution < 1.29 is 9.53 Å². The van der Waals surface area contributed by atoms with E-state index in [9.17, 15) is 9.59 Å². The van der Waals surface area contributed by atoms with Gasteiger partial charge in [-0.1, -0.05) is 18.2 Å². The molecule has 0 fully saturated rings. The third-order valence-corrected chi connectivity index (χ3v) is 5.02. The maximum absolute atomic E-state index is 12.7. The van der Waals surface area contributed by atoms with Gasteiger partial charge in [-0.15, -0.1) is 0 Å². The van der Waals surface area contributed by atoms with Gasteiger partial charge in [0.25, 0.3) is 5.56 Å². The predicted molar refractivity (Wildman–Crippen MR) is 103 cm³/mol. The lowest BCUT2D eigenvalue weighted by Gasteiger charge is -2.29. The molecule has 1 aliphatic heterocycles. The molecule has 0 spiro atoms. The van der Waals surface area contributed by atoms with Crippen LogP contribution in [0.5, 0.6) is 5.75 Å². The molecule has 1 aliphatic rings. The van der Waals surface area contributed by atoms with Gasteiger partial charge in [-0.2, -0.15) is 0 Å². The maximum Gasteiger partial charge on any atom is 0.258 e. The summed E-state index contributed by atoms with van der Waals surface area (Å²) in [4.78, 5) is 33.9. The Kier molecular flexibility index (Phi) is 4.62. The van der Waals surface area contributed by atoms with Crippen molar-refractivity contribution in [3.63, 3.8) is 0 Å². The zero-order valence-corrected chi connectivity index (χ0v) is 15.2. The second kappa shape index (κ2) is 7.23. The molecule has 0 atom stereocenters. The van der Waals surface area contributed by atoms with Gasteiger partial charge in [0.15, 0.2) is 0 Å². The van der Waals surface area contributed by atoms with Gasteiger partial charge in [-0.05, 0) is 41.8 Å². The quantitative estimate of drug-likeness (QED) is 0.773. The zero-order chi connectivity index (χ0) is 18.8. The number of benzene rings is 2. The predicted octanol–water partition coefficient (Wildman–Crippen LogP) is 2.45. The highest BCUT2D eigenvalue weighted by atomic mass is 16.5. The molecule has 4 rings (SSSR count). The molecule has 0 radical (unpaired) electrons. The lowest BCUT2D eigenvalue weighted by atomic mass is 9.99. The van der Waals surface area contributed by atoms with E-state index < -0.39 is 0 Å². The van der Waals surface area contributed by atoms with E-state index in [2.05, 4.69) is 16.0 Å². The van der Waals surface area contributed by atoms with Gasteiger partial charge in [0.1, 0.15) is 11.6 Å². The van der Waals surface area contributed by atoms with Crippen molar-refractivity contribution in [1.29, 1.82) is 0 Å². The summed E-state index contributed by atoms with van der Waals surface area (Å²) in [5, 5.41) is 0.564. The average molecular weight is 363 g/mol. The van der Waals surface area contributed by atoms with Crippen LogP contribution < -0.4 is 10.3 Å². The Morgan fingerprint density at radius 1 is 1.22 bits per heavy atom. The molecule has 6 heteroatoms. The number of aromatic nitrogens is 2. The summed E-state index contributed by atoms with van der Waals surface area (Å²) in [6.45, 7) is 1.30. The highest BCUT2D eigenvalue weighted by Crippen LogP contribution is 2.24. The number of methoxy groups -OCH3 is 1. The Hall–Kier alpha value is -3.15. The van der Waals surface area contributed by atoms with E-state index in [1.807, 2.05) is 35.2 Å². The highest BCUT2D eigenvalue weighted by Gasteiger charge is 2.21. The van der Waals surface area contributed by atoms with E-state index >= 15 is 0 Å². The van der Waals surface area contributed by atoms with E-state index in [0.717, 1.165) is 17.7 Å². The standard InChI is InChI=1S/C21H21N3O3/c1-27-16-7-6-14-10-11-24(13-15(14)12-16)20(25)9-8-19-22-18-5-3-2-4-17(18)21(26)23-19/h2-7,12H,8-11,13H2,1H3,(H,22,23,26). The number of aromatic amines is 1. The Morgan fingerprint density at radius 3 is 2.93 bits per heavy atom. The summed E-state index contributed by atoms with van der Waals surface area (Å²) in [5.41, 5.74) is 2.89. The number of para-hydroxylation sites is 1. The van der Waals surface area contributed by atoms with Crippen LogP contribution in [0, 0.1) is 0 Å². The van der Waals surface area contributed by atoms with Gasteiger partial charge < -0.3 is 14.6 Å². The number of hydrogen-bond donors (Lipinski definition) is 1. The lowest BCUT2D eigenvalue weighted by Crippen LogP contribution is -2.36. The maximum atomic E-state index is 12.7. The first kappa shape index (κ1) is 17.3. The van der Waals surface area contributed by atoms with Gasteiger partial charge >= 0.3 is 0 Å². The molecule has 1 aromatic heterocycles. The lowest BCUT2D eigenvalue weighted by molar-refractivity contribution is -0.132. The van der Waals surface area contributed by atoms with Gasteiger partial charge in [-0.25, -0.2) is 4.98 Å².